The van der Waals surface area contributed by atoms with E-state index in [2.05, 4.69) is 13.2 Å². The number of hydrogen-bond donors (Lipinski definition) is 0. The molecule has 0 radical (unpaired) electrons. The molecule has 0 rings (SSSR count). The SMILES string of the molecule is C=C.Cl[SiH2]Cl. The standard InChI is InChI=1S/C2H4.Cl2H2Si/c1-2;1-3-2/h1-2H2;3H2. The maximum atomic E-state index is 4.90. The Balaban J connectivity index is 0. The molecule has 0 bridgehead atoms. The van der Waals surface area contributed by atoms with Gasteiger partial charge in [0.15, 0.2) is 0 Å². The first-order chi connectivity index (χ1) is 2.41. The van der Waals surface area contributed by atoms with E-state index in [0.717, 1.165) is 0 Å². The third-order valence-corrected chi connectivity index (χ3v) is 0. The molecule has 0 aromatic rings. The molecule has 0 fully saturated rings. The minimum Gasteiger partial charge on any atom is -0.155 e. The predicted octanol–water partition coefficient (Wildman–Crippen LogP) is 1.26. The predicted molar refractivity (Wildman–Crippen MR) is 31.5 cm³/mol. The molecule has 0 atom stereocenters. The second-order valence-corrected chi connectivity index (χ2v) is 2.73. The van der Waals surface area contributed by atoms with E-state index in [9.17, 15) is 0 Å². The Labute approximate surface area is 44.0 Å². The minimum absolute atomic E-state index is 0.639. The first kappa shape index (κ1) is 9.11. The number of halogens is 2. The van der Waals surface area contributed by atoms with Gasteiger partial charge in [0.05, 0.1) is 0 Å². The smallest absolute Gasteiger partial charge is 0.155 e. The fourth-order valence-electron chi connectivity index (χ4n) is 0. The molecular weight excluding hydrogens is 123 g/mol. The van der Waals surface area contributed by atoms with Crippen molar-refractivity contribution in [2.75, 3.05) is 0 Å². The Morgan fingerprint density at radius 2 is 1.20 bits per heavy atom. The third kappa shape index (κ3) is 101. The van der Waals surface area contributed by atoms with Crippen molar-refractivity contribution in [3.05, 3.63) is 13.2 Å². The van der Waals surface area contributed by atoms with Crippen LogP contribution in [0.15, 0.2) is 13.2 Å². The quantitative estimate of drug-likeness (QED) is 0.262. The largest absolute Gasteiger partial charge is 0.222 e. The average molecular weight is 129 g/mol. The Kier molecular flexibility index (Phi) is 43.8. The van der Waals surface area contributed by atoms with Crippen molar-refractivity contribution in [3.8, 4) is 0 Å². The summed E-state index contributed by atoms with van der Waals surface area (Å²) in [6.07, 6.45) is 0. The van der Waals surface area contributed by atoms with Crippen molar-refractivity contribution in [3.63, 3.8) is 0 Å². The maximum Gasteiger partial charge on any atom is 0.222 e. The van der Waals surface area contributed by atoms with Crippen LogP contribution < -0.4 is 0 Å². The highest BCUT2D eigenvalue weighted by Gasteiger charge is 1.46. The van der Waals surface area contributed by atoms with Crippen LogP contribution in [-0.2, 0) is 0 Å². The van der Waals surface area contributed by atoms with Gasteiger partial charge in [-0.25, -0.2) is 0 Å². The molecule has 0 aromatic heterocycles. The maximum absolute atomic E-state index is 4.90. The first-order valence-corrected chi connectivity index (χ1v) is 5.31. The van der Waals surface area contributed by atoms with Crippen LogP contribution in [0.25, 0.3) is 0 Å². The minimum atomic E-state index is -0.639. The fourth-order valence-corrected chi connectivity index (χ4v) is 0. The summed E-state index contributed by atoms with van der Waals surface area (Å²) in [5.41, 5.74) is 0. The lowest BCUT2D eigenvalue weighted by molar-refractivity contribution is 2.81. The summed E-state index contributed by atoms with van der Waals surface area (Å²) in [4.78, 5) is 0. The zero-order chi connectivity index (χ0) is 4.71. The molecule has 32 valence electrons. The molecule has 0 N–H and O–H groups in total. The van der Waals surface area contributed by atoms with Crippen molar-refractivity contribution in [2.45, 2.75) is 0 Å². The second kappa shape index (κ2) is 24.0. The van der Waals surface area contributed by atoms with Crippen LogP contribution in [0.2, 0.25) is 0 Å². The van der Waals surface area contributed by atoms with E-state index < -0.39 is 8.14 Å². The Hall–Kier alpha value is 0.537. The highest BCUT2D eigenvalue weighted by atomic mass is 35.7. The Morgan fingerprint density at radius 1 is 1.20 bits per heavy atom. The summed E-state index contributed by atoms with van der Waals surface area (Å²) < 4.78 is 0. The van der Waals surface area contributed by atoms with Gasteiger partial charge in [-0.05, 0) is 0 Å². The zero-order valence-corrected chi connectivity index (χ0v) is 5.80. The lowest BCUT2D eigenvalue weighted by Crippen LogP contribution is -1.36. The molecule has 3 heteroatoms. The first-order valence-electron chi connectivity index (χ1n) is 1.03. The van der Waals surface area contributed by atoms with Crippen LogP contribution in [0.1, 0.15) is 0 Å². The third-order valence-electron chi connectivity index (χ3n) is 0. The molecule has 0 aliphatic rings. The molecular formula is C2H6Cl2Si. The van der Waals surface area contributed by atoms with Crippen LogP contribution in [0.3, 0.4) is 0 Å². The Morgan fingerprint density at radius 3 is 1.20 bits per heavy atom. The van der Waals surface area contributed by atoms with E-state index in [1.165, 1.54) is 0 Å². The lowest BCUT2D eigenvalue weighted by Gasteiger charge is -1.39. The van der Waals surface area contributed by atoms with Crippen molar-refractivity contribution in [1.29, 1.82) is 0 Å². The van der Waals surface area contributed by atoms with Gasteiger partial charge in [-0.2, -0.15) is 22.2 Å². The van der Waals surface area contributed by atoms with Crippen molar-refractivity contribution in [1.82, 2.24) is 0 Å². The van der Waals surface area contributed by atoms with Gasteiger partial charge < -0.3 is 0 Å². The molecule has 0 saturated heterocycles. The highest BCUT2D eigenvalue weighted by Crippen LogP contribution is 1.67. The van der Waals surface area contributed by atoms with Crippen molar-refractivity contribution >= 4 is 30.3 Å². The van der Waals surface area contributed by atoms with E-state index in [0.29, 0.717) is 0 Å². The highest BCUT2D eigenvalue weighted by molar-refractivity contribution is 7.22. The van der Waals surface area contributed by atoms with Gasteiger partial charge in [-0.3, -0.25) is 0 Å². The number of rotatable bonds is 0. The molecule has 0 spiro atoms. The molecule has 0 nitrogen and oxygen atoms in total. The van der Waals surface area contributed by atoms with E-state index >= 15 is 0 Å². The molecule has 0 aliphatic heterocycles. The zero-order valence-electron chi connectivity index (χ0n) is 2.88. The molecule has 0 aliphatic carbocycles. The summed E-state index contributed by atoms with van der Waals surface area (Å²) in [6.45, 7) is 6.00. The molecule has 0 aromatic carbocycles. The molecule has 0 heterocycles. The monoisotopic (exact) mass is 128 g/mol. The van der Waals surface area contributed by atoms with Crippen LogP contribution in [0, 0.1) is 0 Å². The van der Waals surface area contributed by atoms with Crippen molar-refractivity contribution in [2.24, 2.45) is 0 Å². The molecule has 0 amide bonds. The summed E-state index contributed by atoms with van der Waals surface area (Å²) in [5, 5.41) is 0. The fraction of sp³-hybridized carbons (Fsp3) is 0. The average Bonchev–Trinajstić information content (AvgIpc) is 1.46. The van der Waals surface area contributed by atoms with Crippen LogP contribution in [0.5, 0.6) is 0 Å². The van der Waals surface area contributed by atoms with Gasteiger partial charge in [-0.15, -0.1) is 13.2 Å². The van der Waals surface area contributed by atoms with Gasteiger partial charge in [0.25, 0.3) is 0 Å². The molecule has 0 unspecified atom stereocenters. The van der Waals surface area contributed by atoms with E-state index in [-0.39, 0.29) is 0 Å². The van der Waals surface area contributed by atoms with Crippen LogP contribution in [0.4, 0.5) is 0 Å². The molecule has 0 saturated carbocycles. The van der Waals surface area contributed by atoms with E-state index in [4.69, 9.17) is 22.2 Å². The topological polar surface area (TPSA) is 0 Å². The normalized spacial score (nSPS) is 4.40. The second-order valence-electron chi connectivity index (χ2n) is 0.101. The lowest BCUT2D eigenvalue weighted by atomic mass is 11.3. The molecule has 5 heavy (non-hydrogen) atoms. The Bertz CT molecular complexity index is 11.6. The summed E-state index contributed by atoms with van der Waals surface area (Å²) in [6, 6.07) is 0. The van der Waals surface area contributed by atoms with Gasteiger partial charge in [0.1, 0.15) is 0 Å². The van der Waals surface area contributed by atoms with Crippen LogP contribution in [-0.4, -0.2) is 8.14 Å². The van der Waals surface area contributed by atoms with E-state index in [1.807, 2.05) is 0 Å². The number of hydrogen-bond acceptors (Lipinski definition) is 0. The summed E-state index contributed by atoms with van der Waals surface area (Å²) in [5.74, 6) is 0. The summed E-state index contributed by atoms with van der Waals surface area (Å²) in [7, 11) is -0.639. The summed E-state index contributed by atoms with van der Waals surface area (Å²) >= 11 is 9.81. The van der Waals surface area contributed by atoms with Gasteiger partial charge in [0.2, 0.25) is 8.14 Å². The van der Waals surface area contributed by atoms with Gasteiger partial charge in [0, 0.05) is 0 Å². The van der Waals surface area contributed by atoms with Gasteiger partial charge in [-0.1, -0.05) is 0 Å². The van der Waals surface area contributed by atoms with Crippen LogP contribution >= 0.6 is 22.2 Å². The van der Waals surface area contributed by atoms with Gasteiger partial charge >= 0.3 is 0 Å². The van der Waals surface area contributed by atoms with E-state index in [1.54, 1.807) is 0 Å². The van der Waals surface area contributed by atoms with Crippen molar-refractivity contribution < 1.29 is 0 Å².